The number of carbonyl (C=O) groups is 1. The van der Waals surface area contributed by atoms with Crippen LogP contribution in [0.2, 0.25) is 0 Å². The van der Waals surface area contributed by atoms with Crippen molar-refractivity contribution < 1.29 is 14.5 Å². The standard InChI is InChI=1S/C19H20N4O2/c1-11-8-12(2)14(19(25)13(11)3)10-23-16-7-5-4-6-15(16)21-17(23)9-18(24)22-20/h4-8,10H,9,20H2,1-3H3,(H,22,24)/p+1. The van der Waals surface area contributed by atoms with E-state index in [-0.39, 0.29) is 18.1 Å². The van der Waals surface area contributed by atoms with Gasteiger partial charge in [-0.2, -0.15) is 4.58 Å². The Labute approximate surface area is 146 Å². The van der Waals surface area contributed by atoms with Gasteiger partial charge in [-0.05, 0) is 54.6 Å². The van der Waals surface area contributed by atoms with Gasteiger partial charge in [0.1, 0.15) is 18.4 Å². The maximum Gasteiger partial charge on any atom is 0.314 e. The lowest BCUT2D eigenvalue weighted by atomic mass is 9.99. The van der Waals surface area contributed by atoms with Gasteiger partial charge < -0.3 is 5.11 Å². The van der Waals surface area contributed by atoms with Crippen molar-refractivity contribution in [2.24, 2.45) is 10.8 Å². The fourth-order valence-electron chi connectivity index (χ4n) is 2.94. The minimum Gasteiger partial charge on any atom is -0.507 e. The Balaban J connectivity index is 2.16. The van der Waals surface area contributed by atoms with E-state index in [4.69, 9.17) is 5.84 Å². The zero-order valence-corrected chi connectivity index (χ0v) is 14.5. The summed E-state index contributed by atoms with van der Waals surface area (Å²) >= 11 is 0. The third kappa shape index (κ3) is 3.04. The van der Waals surface area contributed by atoms with Gasteiger partial charge >= 0.3 is 5.84 Å². The van der Waals surface area contributed by atoms with Crippen LogP contribution in [0.25, 0.3) is 0 Å². The molecule has 0 spiro atoms. The Morgan fingerprint density at radius 1 is 1.28 bits per heavy atom. The van der Waals surface area contributed by atoms with Crippen molar-refractivity contribution in [3.8, 4) is 5.75 Å². The van der Waals surface area contributed by atoms with Gasteiger partial charge in [0.2, 0.25) is 11.6 Å². The fourth-order valence-corrected chi connectivity index (χ4v) is 2.94. The second-order valence-electron chi connectivity index (χ2n) is 6.16. The molecule has 0 aromatic heterocycles. The molecule has 6 heteroatoms. The summed E-state index contributed by atoms with van der Waals surface area (Å²) < 4.78 is 1.83. The molecule has 1 heterocycles. The summed E-state index contributed by atoms with van der Waals surface area (Å²) in [4.78, 5) is 16.3. The highest BCUT2D eigenvalue weighted by Crippen LogP contribution is 2.35. The van der Waals surface area contributed by atoms with Gasteiger partial charge in [-0.15, -0.1) is 0 Å². The monoisotopic (exact) mass is 337 g/mol. The van der Waals surface area contributed by atoms with Crippen LogP contribution in [0.3, 0.4) is 0 Å². The number of nitrogens with two attached hydrogens (primary N) is 1. The Hall–Kier alpha value is -2.99. The van der Waals surface area contributed by atoms with E-state index >= 15 is 0 Å². The summed E-state index contributed by atoms with van der Waals surface area (Å²) in [7, 11) is 0. The summed E-state index contributed by atoms with van der Waals surface area (Å²) in [6.45, 7) is 5.80. The molecular formula is C19H21N4O2+. The number of phenolic OH excluding ortho intramolecular Hbond substituents is 1. The van der Waals surface area contributed by atoms with Crippen LogP contribution in [0.1, 0.15) is 28.7 Å². The Bertz CT molecular complexity index is 929. The van der Waals surface area contributed by atoms with Crippen LogP contribution in [-0.2, 0) is 4.79 Å². The molecule has 0 fully saturated rings. The van der Waals surface area contributed by atoms with Crippen LogP contribution in [0.15, 0.2) is 35.3 Å². The maximum absolute atomic E-state index is 11.7. The number of carbonyl (C=O) groups excluding carboxylic acids is 1. The molecule has 0 radical (unpaired) electrons. The van der Waals surface area contributed by atoms with Gasteiger partial charge in [-0.3, -0.25) is 10.2 Å². The van der Waals surface area contributed by atoms with E-state index in [1.807, 2.05) is 61.9 Å². The molecule has 1 aliphatic heterocycles. The summed E-state index contributed by atoms with van der Waals surface area (Å²) in [5.41, 5.74) is 7.30. The smallest absolute Gasteiger partial charge is 0.314 e. The lowest BCUT2D eigenvalue weighted by Crippen LogP contribution is -2.33. The first-order chi connectivity index (χ1) is 11.9. The lowest BCUT2D eigenvalue weighted by Gasteiger charge is -2.10. The number of hydrazine groups is 1. The molecule has 2 aromatic carbocycles. The highest BCUT2D eigenvalue weighted by molar-refractivity contribution is 6.03. The SMILES string of the molecule is Cc1cc(C)c(C=[N+]2C(CC(=O)NN)=Nc3ccccc32)c(O)c1C. The Kier molecular flexibility index (Phi) is 4.37. The average molecular weight is 337 g/mol. The molecule has 25 heavy (non-hydrogen) atoms. The normalized spacial score (nSPS) is 14.4. The Morgan fingerprint density at radius 3 is 2.72 bits per heavy atom. The van der Waals surface area contributed by atoms with E-state index in [0.29, 0.717) is 11.4 Å². The molecule has 4 N–H and O–H groups in total. The molecule has 1 aliphatic rings. The topological polar surface area (TPSA) is 90.7 Å². The summed E-state index contributed by atoms with van der Waals surface area (Å²) in [5.74, 6) is 5.68. The van der Waals surface area contributed by atoms with E-state index in [1.165, 1.54) is 0 Å². The predicted molar refractivity (Wildman–Crippen MR) is 97.9 cm³/mol. The summed E-state index contributed by atoms with van der Waals surface area (Å²) in [6.07, 6.45) is 1.87. The molecule has 0 bridgehead atoms. The first-order valence-electron chi connectivity index (χ1n) is 8.02. The number of hydrogen-bond acceptors (Lipinski definition) is 4. The lowest BCUT2D eigenvalue weighted by molar-refractivity contribution is -0.296. The maximum atomic E-state index is 11.7. The van der Waals surface area contributed by atoms with Gasteiger partial charge in [-0.25, -0.2) is 5.84 Å². The van der Waals surface area contributed by atoms with Crippen LogP contribution >= 0.6 is 0 Å². The van der Waals surface area contributed by atoms with Gasteiger partial charge in [0.15, 0.2) is 5.69 Å². The van der Waals surface area contributed by atoms with Gasteiger partial charge in [0.25, 0.3) is 0 Å². The predicted octanol–water partition coefficient (Wildman–Crippen LogP) is 2.50. The van der Waals surface area contributed by atoms with Crippen LogP contribution < -0.4 is 11.3 Å². The molecule has 0 atom stereocenters. The number of aliphatic imine (C=N–C) groups is 1. The summed E-state index contributed by atoms with van der Waals surface area (Å²) in [6, 6.07) is 9.65. The van der Waals surface area contributed by atoms with Gasteiger partial charge in [-0.1, -0.05) is 18.2 Å². The second-order valence-corrected chi connectivity index (χ2v) is 6.16. The number of fused-ring (bicyclic) bond motifs is 1. The van der Waals surface area contributed by atoms with Crippen LogP contribution in [0, 0.1) is 20.8 Å². The van der Waals surface area contributed by atoms with Crippen LogP contribution in [0.5, 0.6) is 5.75 Å². The number of rotatable bonds is 3. The first kappa shape index (κ1) is 16.9. The van der Waals surface area contributed by atoms with E-state index in [1.54, 1.807) is 0 Å². The third-order valence-corrected chi connectivity index (χ3v) is 4.47. The average Bonchev–Trinajstić information content (AvgIpc) is 2.93. The summed E-state index contributed by atoms with van der Waals surface area (Å²) in [5, 5.41) is 10.6. The van der Waals surface area contributed by atoms with Crippen molar-refractivity contribution in [3.63, 3.8) is 0 Å². The molecule has 0 saturated heterocycles. The number of hydrogen-bond donors (Lipinski definition) is 3. The van der Waals surface area contributed by atoms with E-state index < -0.39 is 0 Å². The molecule has 2 aromatic rings. The van der Waals surface area contributed by atoms with E-state index in [2.05, 4.69) is 10.4 Å². The number of nitrogens with one attached hydrogen (secondary N) is 1. The molecular weight excluding hydrogens is 316 g/mol. The molecule has 128 valence electrons. The number of nitrogens with zero attached hydrogens (tertiary/aromatic N) is 2. The van der Waals surface area contributed by atoms with Crippen molar-refractivity contribution in [3.05, 3.63) is 52.6 Å². The van der Waals surface area contributed by atoms with Crippen molar-refractivity contribution in [2.45, 2.75) is 27.2 Å². The highest BCUT2D eigenvalue weighted by atomic mass is 16.3. The highest BCUT2D eigenvalue weighted by Gasteiger charge is 2.31. The number of benzene rings is 2. The fraction of sp³-hybridized carbons (Fsp3) is 0.211. The van der Waals surface area contributed by atoms with Crippen LogP contribution in [-0.4, -0.2) is 27.6 Å². The second kappa shape index (κ2) is 6.49. The Morgan fingerprint density at radius 2 is 2.00 bits per heavy atom. The number of aromatic hydroxyl groups is 1. The minimum absolute atomic E-state index is 0.0479. The molecule has 0 unspecified atom stereocenters. The molecule has 0 saturated carbocycles. The number of para-hydroxylation sites is 2. The molecule has 3 rings (SSSR count). The zero-order valence-electron chi connectivity index (χ0n) is 14.5. The van der Waals surface area contributed by atoms with Crippen molar-refractivity contribution >= 4 is 29.3 Å². The quantitative estimate of drug-likeness (QED) is 0.348. The molecule has 6 nitrogen and oxygen atoms in total. The number of phenols is 1. The number of aryl methyl sites for hydroxylation is 2. The number of amidine groups is 1. The van der Waals surface area contributed by atoms with Gasteiger partial charge in [0, 0.05) is 0 Å². The van der Waals surface area contributed by atoms with Crippen molar-refractivity contribution in [1.82, 2.24) is 5.43 Å². The first-order valence-corrected chi connectivity index (χ1v) is 8.02. The third-order valence-electron chi connectivity index (χ3n) is 4.47. The zero-order chi connectivity index (χ0) is 18.1. The van der Waals surface area contributed by atoms with Crippen molar-refractivity contribution in [1.29, 1.82) is 0 Å². The molecule has 0 aliphatic carbocycles. The largest absolute Gasteiger partial charge is 0.507 e. The van der Waals surface area contributed by atoms with Crippen LogP contribution in [0.4, 0.5) is 11.4 Å². The minimum atomic E-state index is -0.328. The number of amides is 1. The van der Waals surface area contributed by atoms with E-state index in [0.717, 1.165) is 28.1 Å². The van der Waals surface area contributed by atoms with E-state index in [9.17, 15) is 9.90 Å². The van der Waals surface area contributed by atoms with Crippen molar-refractivity contribution in [2.75, 3.05) is 0 Å². The molecule has 1 amide bonds. The van der Waals surface area contributed by atoms with Gasteiger partial charge in [0.05, 0.1) is 5.56 Å².